The van der Waals surface area contributed by atoms with Gasteiger partial charge in [0.2, 0.25) is 5.69 Å². The Labute approximate surface area is 231 Å². The summed E-state index contributed by atoms with van der Waals surface area (Å²) in [6.07, 6.45) is 0.643. The zero-order chi connectivity index (χ0) is 28.7. The Kier molecular flexibility index (Phi) is 4.74. The number of fused-ring (bicyclic) bond motifs is 7. The Balaban J connectivity index is 1.40. The first-order valence-electron chi connectivity index (χ1n) is 14.4. The fourth-order valence-corrected chi connectivity index (χ4v) is 5.67. The highest BCUT2D eigenvalue weighted by molar-refractivity contribution is 6.20. The van der Waals surface area contributed by atoms with E-state index in [1.54, 1.807) is 0 Å². The van der Waals surface area contributed by atoms with Crippen LogP contribution < -0.4 is 4.57 Å². The van der Waals surface area contributed by atoms with Gasteiger partial charge >= 0.3 is 0 Å². The molecule has 4 aromatic carbocycles. The number of pyridine rings is 1. The van der Waals surface area contributed by atoms with Crippen molar-refractivity contribution in [1.29, 1.82) is 0 Å². The van der Waals surface area contributed by atoms with Gasteiger partial charge in [0.15, 0.2) is 17.4 Å². The van der Waals surface area contributed by atoms with Crippen molar-refractivity contribution in [3.63, 3.8) is 0 Å². The van der Waals surface area contributed by atoms with E-state index in [1.165, 1.54) is 0 Å². The molecule has 7 aromatic rings. The lowest BCUT2D eigenvalue weighted by atomic mass is 9.87. The van der Waals surface area contributed by atoms with Crippen molar-refractivity contribution in [2.75, 3.05) is 0 Å². The quantitative estimate of drug-likeness (QED) is 0.221. The second kappa shape index (κ2) is 8.57. The summed E-state index contributed by atoms with van der Waals surface area (Å²) < 4.78 is 32.4. The van der Waals surface area contributed by atoms with Gasteiger partial charge < -0.3 is 8.83 Å². The van der Waals surface area contributed by atoms with Crippen molar-refractivity contribution in [3.05, 3.63) is 102 Å². The summed E-state index contributed by atoms with van der Waals surface area (Å²) in [5.41, 5.74) is 8.74. The van der Waals surface area contributed by atoms with E-state index in [9.17, 15) is 0 Å². The lowest BCUT2D eigenvalue weighted by Crippen LogP contribution is -2.30. The van der Waals surface area contributed by atoms with Crippen LogP contribution in [0.25, 0.3) is 66.3 Å². The van der Waals surface area contributed by atoms with Gasteiger partial charge in [0.1, 0.15) is 18.2 Å². The van der Waals surface area contributed by atoms with Gasteiger partial charge in [-0.1, -0.05) is 75.4 Å². The van der Waals surface area contributed by atoms with Gasteiger partial charge in [-0.15, -0.1) is 0 Å². The highest BCUT2D eigenvalue weighted by Gasteiger charge is 2.23. The third-order valence-electron chi connectivity index (χ3n) is 7.51. The first-order chi connectivity index (χ1) is 19.5. The molecule has 0 aliphatic heterocycles. The number of para-hydroxylation sites is 1. The second-order valence-corrected chi connectivity index (χ2v) is 11.5. The van der Waals surface area contributed by atoms with E-state index in [4.69, 9.17) is 11.6 Å². The highest BCUT2D eigenvalue weighted by Crippen LogP contribution is 2.42. The highest BCUT2D eigenvalue weighted by atomic mass is 16.4. The standard InChI is InChI=1S/C36H32NO2/c1-22-10-15-28-29-17-16-27-26-8-6-7-9-31(26)38-34(27)35(29)39-33(28)32(22)30-20-25(18-19-37(30)5)24-13-11-23(12-14-24)21-36(2,3)4/h6-20H,21H2,1-5H3/q+1/i21D2. The van der Waals surface area contributed by atoms with Crippen molar-refractivity contribution < 1.29 is 16.1 Å². The number of aryl methyl sites for hydroxylation is 2. The molecule has 192 valence electrons. The van der Waals surface area contributed by atoms with E-state index >= 15 is 0 Å². The molecule has 7 rings (SSSR count). The maximum Gasteiger partial charge on any atom is 0.216 e. The molecule has 39 heavy (non-hydrogen) atoms. The Morgan fingerprint density at radius 2 is 1.38 bits per heavy atom. The largest absolute Gasteiger partial charge is 0.452 e. The van der Waals surface area contributed by atoms with Crippen LogP contribution in [0.5, 0.6) is 0 Å². The fourth-order valence-electron chi connectivity index (χ4n) is 5.67. The minimum Gasteiger partial charge on any atom is -0.452 e. The van der Waals surface area contributed by atoms with E-state index in [0.29, 0.717) is 5.56 Å². The van der Waals surface area contributed by atoms with Crippen LogP contribution in [-0.2, 0) is 13.4 Å². The number of aromatic nitrogens is 1. The second-order valence-electron chi connectivity index (χ2n) is 11.5. The summed E-state index contributed by atoms with van der Waals surface area (Å²) in [5.74, 6) is 0. The van der Waals surface area contributed by atoms with Crippen molar-refractivity contribution in [2.24, 2.45) is 12.5 Å². The topological polar surface area (TPSA) is 30.2 Å². The number of benzene rings is 4. The Hall–Kier alpha value is -4.37. The van der Waals surface area contributed by atoms with Gasteiger partial charge in [0.05, 0.1) is 5.56 Å². The first-order valence-corrected chi connectivity index (χ1v) is 13.4. The lowest BCUT2D eigenvalue weighted by Gasteiger charge is -2.18. The Morgan fingerprint density at radius 1 is 0.718 bits per heavy atom. The van der Waals surface area contributed by atoms with Gasteiger partial charge in [0.25, 0.3) is 0 Å². The summed E-state index contributed by atoms with van der Waals surface area (Å²) in [4.78, 5) is 0. The molecule has 3 nitrogen and oxygen atoms in total. The first kappa shape index (κ1) is 21.6. The number of rotatable bonds is 3. The maximum absolute atomic E-state index is 8.64. The minimum absolute atomic E-state index is 0.501. The van der Waals surface area contributed by atoms with Crippen molar-refractivity contribution in [2.45, 2.75) is 34.1 Å². The Bertz CT molecular complexity index is 2130. The molecule has 0 radical (unpaired) electrons. The van der Waals surface area contributed by atoms with Crippen molar-refractivity contribution in [3.8, 4) is 22.4 Å². The monoisotopic (exact) mass is 512 g/mol. The van der Waals surface area contributed by atoms with Gasteiger partial charge in [-0.05, 0) is 59.2 Å². The smallest absolute Gasteiger partial charge is 0.216 e. The molecule has 0 aliphatic rings. The zero-order valence-corrected chi connectivity index (χ0v) is 22.9. The van der Waals surface area contributed by atoms with Crippen molar-refractivity contribution in [1.82, 2.24) is 0 Å². The third kappa shape index (κ3) is 3.92. The molecular formula is C36H32NO2+. The number of hydrogen-bond acceptors (Lipinski definition) is 2. The summed E-state index contributed by atoms with van der Waals surface area (Å²) in [6, 6.07) is 28.8. The van der Waals surface area contributed by atoms with Crippen LogP contribution in [0, 0.1) is 12.3 Å². The Morgan fingerprint density at radius 3 is 2.15 bits per heavy atom. The van der Waals surface area contributed by atoms with Gasteiger partial charge in [-0.25, -0.2) is 4.57 Å². The molecule has 0 N–H and O–H groups in total. The summed E-state index contributed by atoms with van der Waals surface area (Å²) in [7, 11) is 2.05. The molecule has 0 atom stereocenters. The molecular weight excluding hydrogens is 478 g/mol. The van der Waals surface area contributed by atoms with Crippen LogP contribution in [0.15, 0.2) is 100.0 Å². The average Bonchev–Trinajstić information content (AvgIpc) is 3.51. The fraction of sp³-hybridized carbons (Fsp3) is 0.194. The molecule has 3 heteroatoms. The van der Waals surface area contributed by atoms with Gasteiger partial charge in [-0.2, -0.15) is 0 Å². The molecule has 0 unspecified atom stereocenters. The third-order valence-corrected chi connectivity index (χ3v) is 7.51. The molecule has 0 amide bonds. The SMILES string of the molecule is [2H]C([2H])(c1ccc(-c2cc[n+](C)c(-c3c(C)ccc4c3oc3c4ccc4c5ccccc5oc43)c2)cc1)C(C)(C)C. The average molecular weight is 513 g/mol. The van der Waals surface area contributed by atoms with E-state index in [0.717, 1.165) is 71.8 Å². The lowest BCUT2D eigenvalue weighted by molar-refractivity contribution is -0.660. The van der Waals surface area contributed by atoms with Crippen LogP contribution in [-0.4, -0.2) is 0 Å². The van der Waals surface area contributed by atoms with E-state index in [2.05, 4.69) is 67.2 Å². The molecule has 0 saturated carbocycles. The van der Waals surface area contributed by atoms with Gasteiger partial charge in [0, 0.05) is 36.4 Å². The molecule has 0 spiro atoms. The summed E-state index contributed by atoms with van der Waals surface area (Å²) in [5, 5.41) is 4.23. The predicted octanol–water partition coefficient (Wildman–Crippen LogP) is 9.54. The van der Waals surface area contributed by atoms with Crippen LogP contribution in [0.1, 0.15) is 34.6 Å². The molecule has 0 fully saturated rings. The van der Waals surface area contributed by atoms with Crippen LogP contribution in [0.3, 0.4) is 0 Å². The summed E-state index contributed by atoms with van der Waals surface area (Å²) >= 11 is 0. The van der Waals surface area contributed by atoms with E-state index < -0.39 is 11.8 Å². The number of furan rings is 2. The molecule has 0 saturated heterocycles. The summed E-state index contributed by atoms with van der Waals surface area (Å²) in [6.45, 7) is 7.93. The normalized spacial score (nSPS) is 13.5. The molecule has 3 aromatic heterocycles. The predicted molar refractivity (Wildman–Crippen MR) is 161 cm³/mol. The van der Waals surface area contributed by atoms with Crippen molar-refractivity contribution >= 4 is 43.9 Å². The van der Waals surface area contributed by atoms with Gasteiger partial charge in [-0.3, -0.25) is 0 Å². The van der Waals surface area contributed by atoms with Crippen LogP contribution in [0.2, 0.25) is 0 Å². The minimum atomic E-state index is -1.43. The molecule has 0 bridgehead atoms. The molecule has 3 heterocycles. The zero-order valence-electron chi connectivity index (χ0n) is 24.9. The van der Waals surface area contributed by atoms with E-state index in [-0.39, 0.29) is 0 Å². The van der Waals surface area contributed by atoms with E-state index in [1.807, 2.05) is 63.2 Å². The van der Waals surface area contributed by atoms with Crippen LogP contribution in [0.4, 0.5) is 0 Å². The number of hydrogen-bond donors (Lipinski definition) is 0. The number of nitrogens with zero attached hydrogens (tertiary/aromatic N) is 1. The maximum atomic E-state index is 8.64. The van der Waals surface area contributed by atoms with Crippen LogP contribution >= 0.6 is 0 Å². The molecule has 0 aliphatic carbocycles.